The number of hydrogen-bond donors (Lipinski definition) is 0. The second-order valence-corrected chi connectivity index (χ2v) is 5.56. The van der Waals surface area contributed by atoms with Crippen LogP contribution in [0, 0.1) is 6.92 Å². The van der Waals surface area contributed by atoms with E-state index in [-0.39, 0.29) is 5.38 Å². The lowest BCUT2D eigenvalue weighted by atomic mass is 10.0. The summed E-state index contributed by atoms with van der Waals surface area (Å²) in [5.74, 6) is 0. The van der Waals surface area contributed by atoms with E-state index in [9.17, 15) is 0 Å². The van der Waals surface area contributed by atoms with Crippen molar-refractivity contribution in [3.8, 4) is 0 Å². The summed E-state index contributed by atoms with van der Waals surface area (Å²) in [5.41, 5.74) is 3.66. The molecule has 0 aliphatic rings. The van der Waals surface area contributed by atoms with Crippen molar-refractivity contribution in [3.05, 3.63) is 69.7 Å². The van der Waals surface area contributed by atoms with Crippen LogP contribution in [0.15, 0.2) is 53.0 Å². The molecule has 0 nitrogen and oxygen atoms in total. The molecule has 88 valence electrons. The minimum atomic E-state index is 0.00683. The molecule has 0 saturated carbocycles. The summed E-state index contributed by atoms with van der Waals surface area (Å²) in [7, 11) is 0. The zero-order valence-electron chi connectivity index (χ0n) is 9.66. The van der Waals surface area contributed by atoms with E-state index >= 15 is 0 Å². The second kappa shape index (κ2) is 5.70. The molecule has 1 atom stereocenters. The standard InChI is InChI=1S/C15H14BrCl/c1-11-7-8-13(14(16)9-11)15(17)10-12-5-3-2-4-6-12/h2-9,15H,10H2,1H3. The Labute approximate surface area is 116 Å². The Hall–Kier alpha value is -0.790. The molecule has 2 heteroatoms. The highest BCUT2D eigenvalue weighted by molar-refractivity contribution is 9.10. The van der Waals surface area contributed by atoms with E-state index < -0.39 is 0 Å². The van der Waals surface area contributed by atoms with Gasteiger partial charge in [-0.2, -0.15) is 0 Å². The molecule has 0 fully saturated rings. The number of benzene rings is 2. The molecule has 0 spiro atoms. The van der Waals surface area contributed by atoms with Gasteiger partial charge >= 0.3 is 0 Å². The first-order valence-electron chi connectivity index (χ1n) is 5.61. The topological polar surface area (TPSA) is 0 Å². The van der Waals surface area contributed by atoms with Crippen molar-refractivity contribution in [3.63, 3.8) is 0 Å². The molecular weight excluding hydrogens is 296 g/mol. The third kappa shape index (κ3) is 3.34. The monoisotopic (exact) mass is 308 g/mol. The summed E-state index contributed by atoms with van der Waals surface area (Å²) in [6, 6.07) is 16.6. The zero-order chi connectivity index (χ0) is 12.3. The zero-order valence-corrected chi connectivity index (χ0v) is 12.0. The molecule has 2 aromatic carbocycles. The summed E-state index contributed by atoms with van der Waals surface area (Å²) in [4.78, 5) is 0. The molecule has 0 aliphatic heterocycles. The molecule has 2 rings (SSSR count). The lowest BCUT2D eigenvalue weighted by Crippen LogP contribution is -1.97. The quantitative estimate of drug-likeness (QED) is 0.677. The van der Waals surface area contributed by atoms with E-state index in [0.717, 1.165) is 16.5 Å². The summed E-state index contributed by atoms with van der Waals surface area (Å²) in [6.07, 6.45) is 0.851. The largest absolute Gasteiger partial charge is 0.117 e. The molecule has 0 aliphatic carbocycles. The van der Waals surface area contributed by atoms with Crippen molar-refractivity contribution in [2.24, 2.45) is 0 Å². The fourth-order valence-corrected chi connectivity index (χ4v) is 3.09. The number of rotatable bonds is 3. The second-order valence-electron chi connectivity index (χ2n) is 4.18. The molecule has 0 amide bonds. The van der Waals surface area contributed by atoms with Gasteiger partial charge in [0.15, 0.2) is 0 Å². The minimum Gasteiger partial charge on any atom is -0.117 e. The highest BCUT2D eigenvalue weighted by Crippen LogP contribution is 2.31. The van der Waals surface area contributed by atoms with Crippen LogP contribution in [0.4, 0.5) is 0 Å². The predicted molar refractivity (Wildman–Crippen MR) is 77.6 cm³/mol. The van der Waals surface area contributed by atoms with Gasteiger partial charge in [-0.1, -0.05) is 58.4 Å². The van der Waals surface area contributed by atoms with E-state index in [0.29, 0.717) is 0 Å². The van der Waals surface area contributed by atoms with E-state index in [2.05, 4.69) is 53.2 Å². The van der Waals surface area contributed by atoms with Crippen LogP contribution in [0.1, 0.15) is 22.1 Å². The van der Waals surface area contributed by atoms with Crippen molar-refractivity contribution in [1.82, 2.24) is 0 Å². The van der Waals surface area contributed by atoms with Crippen LogP contribution in [0.3, 0.4) is 0 Å². The molecule has 0 saturated heterocycles. The molecule has 0 N–H and O–H groups in total. The SMILES string of the molecule is Cc1ccc(C(Cl)Cc2ccccc2)c(Br)c1. The summed E-state index contributed by atoms with van der Waals surface area (Å²) in [5, 5.41) is 0.00683. The van der Waals surface area contributed by atoms with Crippen LogP contribution in [0.2, 0.25) is 0 Å². The van der Waals surface area contributed by atoms with Gasteiger partial charge in [0.1, 0.15) is 0 Å². The first-order valence-corrected chi connectivity index (χ1v) is 6.84. The fraction of sp³-hybridized carbons (Fsp3) is 0.200. The summed E-state index contributed by atoms with van der Waals surface area (Å²) in [6.45, 7) is 2.08. The molecule has 1 unspecified atom stereocenters. The van der Waals surface area contributed by atoms with Crippen molar-refractivity contribution >= 4 is 27.5 Å². The molecule has 2 aromatic rings. The maximum atomic E-state index is 6.47. The third-order valence-electron chi connectivity index (χ3n) is 2.75. The molecule has 0 aromatic heterocycles. The maximum absolute atomic E-state index is 6.47. The predicted octanol–water partition coefficient (Wildman–Crippen LogP) is 5.28. The number of halogens is 2. The number of aryl methyl sites for hydroxylation is 1. The van der Waals surface area contributed by atoms with Gasteiger partial charge < -0.3 is 0 Å². The molecule has 0 heterocycles. The Bertz CT molecular complexity index is 494. The van der Waals surface area contributed by atoms with E-state index in [1.807, 2.05) is 18.2 Å². The lowest BCUT2D eigenvalue weighted by molar-refractivity contribution is 0.913. The van der Waals surface area contributed by atoms with Crippen molar-refractivity contribution in [2.45, 2.75) is 18.7 Å². The van der Waals surface area contributed by atoms with Crippen LogP contribution < -0.4 is 0 Å². The van der Waals surface area contributed by atoms with Gasteiger partial charge in [-0.25, -0.2) is 0 Å². The van der Waals surface area contributed by atoms with Crippen LogP contribution >= 0.6 is 27.5 Å². The van der Waals surface area contributed by atoms with Crippen LogP contribution in [-0.4, -0.2) is 0 Å². The molecule has 17 heavy (non-hydrogen) atoms. The van der Waals surface area contributed by atoms with Gasteiger partial charge in [0, 0.05) is 4.47 Å². The first-order chi connectivity index (χ1) is 8.16. The smallest absolute Gasteiger partial charge is 0.0636 e. The molecule has 0 bridgehead atoms. The van der Waals surface area contributed by atoms with Gasteiger partial charge in [0.05, 0.1) is 5.38 Å². The van der Waals surface area contributed by atoms with Crippen LogP contribution in [-0.2, 0) is 6.42 Å². The van der Waals surface area contributed by atoms with Crippen molar-refractivity contribution in [1.29, 1.82) is 0 Å². The van der Waals surface area contributed by atoms with Crippen molar-refractivity contribution < 1.29 is 0 Å². The van der Waals surface area contributed by atoms with Gasteiger partial charge in [0.2, 0.25) is 0 Å². The summed E-state index contributed by atoms with van der Waals surface area (Å²) < 4.78 is 1.09. The van der Waals surface area contributed by atoms with Gasteiger partial charge in [0.25, 0.3) is 0 Å². The van der Waals surface area contributed by atoms with Gasteiger partial charge in [-0.3, -0.25) is 0 Å². The third-order valence-corrected chi connectivity index (χ3v) is 3.83. The van der Waals surface area contributed by atoms with E-state index in [1.54, 1.807) is 0 Å². The van der Waals surface area contributed by atoms with Crippen LogP contribution in [0.25, 0.3) is 0 Å². The van der Waals surface area contributed by atoms with E-state index in [4.69, 9.17) is 11.6 Å². The number of alkyl halides is 1. The molecule has 0 radical (unpaired) electrons. The Kier molecular flexibility index (Phi) is 4.25. The normalized spacial score (nSPS) is 12.4. The first kappa shape index (κ1) is 12.7. The Morgan fingerprint density at radius 2 is 1.82 bits per heavy atom. The highest BCUT2D eigenvalue weighted by atomic mass is 79.9. The number of hydrogen-bond acceptors (Lipinski definition) is 0. The average Bonchev–Trinajstić information content (AvgIpc) is 2.30. The van der Waals surface area contributed by atoms with E-state index in [1.165, 1.54) is 11.1 Å². The minimum absolute atomic E-state index is 0.00683. The fourth-order valence-electron chi connectivity index (χ4n) is 1.82. The Morgan fingerprint density at radius 1 is 1.12 bits per heavy atom. The van der Waals surface area contributed by atoms with Gasteiger partial charge in [-0.05, 0) is 36.1 Å². The Morgan fingerprint density at radius 3 is 2.47 bits per heavy atom. The van der Waals surface area contributed by atoms with Gasteiger partial charge in [-0.15, -0.1) is 11.6 Å². The molecular formula is C15H14BrCl. The Balaban J connectivity index is 2.17. The lowest BCUT2D eigenvalue weighted by Gasteiger charge is -2.12. The van der Waals surface area contributed by atoms with Crippen LogP contribution in [0.5, 0.6) is 0 Å². The highest BCUT2D eigenvalue weighted by Gasteiger charge is 2.12. The van der Waals surface area contributed by atoms with Crippen molar-refractivity contribution in [2.75, 3.05) is 0 Å². The average molecular weight is 310 g/mol. The summed E-state index contributed by atoms with van der Waals surface area (Å²) >= 11 is 10.0. The maximum Gasteiger partial charge on any atom is 0.0636 e.